The zero-order chi connectivity index (χ0) is 19.3. The van der Waals surface area contributed by atoms with Gasteiger partial charge in [0, 0.05) is 37.0 Å². The summed E-state index contributed by atoms with van der Waals surface area (Å²) in [5, 5.41) is 3.47. The van der Waals surface area contributed by atoms with Crippen molar-refractivity contribution in [2.45, 2.75) is 12.8 Å². The van der Waals surface area contributed by atoms with Crippen LogP contribution in [0.3, 0.4) is 0 Å². The van der Waals surface area contributed by atoms with Gasteiger partial charge in [-0.2, -0.15) is 4.98 Å². The van der Waals surface area contributed by atoms with E-state index < -0.39 is 0 Å². The maximum absolute atomic E-state index is 4.93. The highest BCUT2D eigenvalue weighted by Gasteiger charge is 2.21. The van der Waals surface area contributed by atoms with E-state index >= 15 is 0 Å². The van der Waals surface area contributed by atoms with Crippen molar-refractivity contribution in [3.63, 3.8) is 0 Å². The van der Waals surface area contributed by atoms with Crippen LogP contribution in [0.1, 0.15) is 12.0 Å². The lowest BCUT2D eigenvalue weighted by molar-refractivity contribution is 0.425. The molecule has 5 nitrogen and oxygen atoms in total. The quantitative estimate of drug-likeness (QED) is 0.701. The number of likely N-dealkylation sites (N-methyl/N-ethyl adjacent to an activating group) is 1. The summed E-state index contributed by atoms with van der Waals surface area (Å²) in [7, 11) is 4.15. The lowest BCUT2D eigenvalue weighted by Gasteiger charge is -2.30. The molecule has 5 heteroatoms. The summed E-state index contributed by atoms with van der Waals surface area (Å²) in [6, 6.07) is 20.9. The van der Waals surface area contributed by atoms with E-state index in [4.69, 9.17) is 9.97 Å². The number of aryl methyl sites for hydroxylation is 1. The fourth-order valence-electron chi connectivity index (χ4n) is 3.55. The molecule has 0 unspecified atom stereocenters. The maximum Gasteiger partial charge on any atom is 0.232 e. The molecule has 0 saturated heterocycles. The topological polar surface area (TPSA) is 44.3 Å². The van der Waals surface area contributed by atoms with Crippen LogP contribution >= 0.6 is 0 Å². The van der Waals surface area contributed by atoms with Gasteiger partial charge < -0.3 is 15.1 Å². The van der Waals surface area contributed by atoms with Crippen molar-refractivity contribution in [3.8, 4) is 11.3 Å². The van der Waals surface area contributed by atoms with Crippen LogP contribution in [0.25, 0.3) is 11.3 Å². The molecule has 0 aliphatic carbocycles. The molecule has 1 N–H and O–H groups in total. The molecule has 0 atom stereocenters. The Morgan fingerprint density at radius 1 is 1.00 bits per heavy atom. The van der Waals surface area contributed by atoms with E-state index in [-0.39, 0.29) is 0 Å². The largest absolute Gasteiger partial charge is 0.369 e. The van der Waals surface area contributed by atoms with Gasteiger partial charge in [-0.3, -0.25) is 0 Å². The van der Waals surface area contributed by atoms with Crippen molar-refractivity contribution >= 4 is 17.5 Å². The van der Waals surface area contributed by atoms with Crippen molar-refractivity contribution in [3.05, 3.63) is 66.2 Å². The summed E-state index contributed by atoms with van der Waals surface area (Å²) >= 11 is 0. The summed E-state index contributed by atoms with van der Waals surface area (Å²) in [5.41, 5.74) is 4.64. The van der Waals surface area contributed by atoms with Crippen LogP contribution in [0.4, 0.5) is 17.5 Å². The van der Waals surface area contributed by atoms with Gasteiger partial charge >= 0.3 is 0 Å². The number of benzene rings is 2. The van der Waals surface area contributed by atoms with Gasteiger partial charge in [0.1, 0.15) is 5.82 Å². The predicted octanol–water partition coefficient (Wildman–Crippen LogP) is 4.20. The number of anilines is 3. The summed E-state index contributed by atoms with van der Waals surface area (Å²) < 4.78 is 0. The lowest BCUT2D eigenvalue weighted by Crippen LogP contribution is -2.27. The van der Waals surface area contributed by atoms with E-state index in [2.05, 4.69) is 65.6 Å². The molecule has 0 spiro atoms. The van der Waals surface area contributed by atoms with Crippen LogP contribution in [-0.2, 0) is 6.42 Å². The highest BCUT2D eigenvalue weighted by atomic mass is 15.3. The van der Waals surface area contributed by atoms with Crippen LogP contribution < -0.4 is 10.2 Å². The number of fused-ring (bicyclic) bond motifs is 1. The number of hydrogen-bond donors (Lipinski definition) is 1. The average molecular weight is 374 g/mol. The SMILES string of the molecule is CN(C)CCNc1cc(-c2ccccc2)nc(N2CCCc3ccccc32)n1. The minimum atomic E-state index is 0.765. The van der Waals surface area contributed by atoms with Crippen LogP contribution in [0, 0.1) is 0 Å². The smallest absolute Gasteiger partial charge is 0.232 e. The molecule has 2 aromatic carbocycles. The van der Waals surface area contributed by atoms with E-state index in [1.807, 2.05) is 24.3 Å². The monoisotopic (exact) mass is 373 g/mol. The van der Waals surface area contributed by atoms with Gasteiger partial charge in [-0.1, -0.05) is 48.5 Å². The standard InChI is InChI=1S/C23H27N5/c1-27(2)16-14-24-22-17-20(18-9-4-3-5-10-18)25-23(26-22)28-15-8-12-19-11-6-7-13-21(19)28/h3-7,9-11,13,17H,8,12,14-16H2,1-2H3,(H,24,25,26). The first kappa shape index (κ1) is 18.4. The first-order valence-electron chi connectivity index (χ1n) is 9.89. The maximum atomic E-state index is 4.93. The van der Waals surface area contributed by atoms with Gasteiger partial charge in [0.2, 0.25) is 5.95 Å². The third kappa shape index (κ3) is 4.15. The number of aromatic nitrogens is 2. The fourth-order valence-corrected chi connectivity index (χ4v) is 3.55. The molecule has 28 heavy (non-hydrogen) atoms. The molecular weight excluding hydrogens is 346 g/mol. The number of rotatable bonds is 6. The minimum absolute atomic E-state index is 0.765. The second kappa shape index (κ2) is 8.40. The van der Waals surface area contributed by atoms with Gasteiger partial charge in [0.15, 0.2) is 0 Å². The highest BCUT2D eigenvalue weighted by Crippen LogP contribution is 2.33. The average Bonchev–Trinajstić information content (AvgIpc) is 2.73. The Balaban J connectivity index is 1.72. The number of nitrogens with zero attached hydrogens (tertiary/aromatic N) is 4. The zero-order valence-electron chi connectivity index (χ0n) is 16.6. The Morgan fingerprint density at radius 2 is 1.79 bits per heavy atom. The summed E-state index contributed by atoms with van der Waals surface area (Å²) in [5.74, 6) is 1.63. The molecule has 0 fully saturated rings. The normalized spacial score (nSPS) is 13.5. The Hall–Kier alpha value is -2.92. The zero-order valence-corrected chi connectivity index (χ0v) is 16.6. The molecule has 3 aromatic rings. The first-order chi connectivity index (χ1) is 13.7. The molecule has 1 aliphatic heterocycles. The third-order valence-corrected chi connectivity index (χ3v) is 5.00. The van der Waals surface area contributed by atoms with Crippen molar-refractivity contribution in [2.75, 3.05) is 43.9 Å². The fraction of sp³-hybridized carbons (Fsp3) is 0.304. The van der Waals surface area contributed by atoms with Gasteiger partial charge in [-0.25, -0.2) is 4.98 Å². The Morgan fingerprint density at radius 3 is 2.61 bits per heavy atom. The molecule has 1 aromatic heterocycles. The molecule has 4 rings (SSSR count). The summed E-state index contributed by atoms with van der Waals surface area (Å²) in [6.45, 7) is 2.73. The number of nitrogens with one attached hydrogen (secondary N) is 1. The second-order valence-electron chi connectivity index (χ2n) is 7.42. The van der Waals surface area contributed by atoms with Crippen LogP contribution in [0.15, 0.2) is 60.7 Å². The van der Waals surface area contributed by atoms with Gasteiger partial charge in [-0.05, 0) is 38.6 Å². The van der Waals surface area contributed by atoms with Gasteiger partial charge in [0.25, 0.3) is 0 Å². The van der Waals surface area contributed by atoms with E-state index in [1.165, 1.54) is 11.3 Å². The van der Waals surface area contributed by atoms with E-state index in [0.29, 0.717) is 0 Å². The van der Waals surface area contributed by atoms with E-state index in [9.17, 15) is 0 Å². The van der Waals surface area contributed by atoms with Gasteiger partial charge in [-0.15, -0.1) is 0 Å². The summed E-state index contributed by atoms with van der Waals surface area (Å²) in [6.07, 6.45) is 2.22. The van der Waals surface area contributed by atoms with Gasteiger partial charge in [0.05, 0.1) is 5.69 Å². The van der Waals surface area contributed by atoms with Crippen molar-refractivity contribution in [1.82, 2.24) is 14.9 Å². The predicted molar refractivity (Wildman–Crippen MR) is 116 cm³/mol. The van der Waals surface area contributed by atoms with Crippen LogP contribution in [-0.4, -0.2) is 48.6 Å². The molecule has 1 aliphatic rings. The second-order valence-corrected chi connectivity index (χ2v) is 7.42. The minimum Gasteiger partial charge on any atom is -0.369 e. The Kier molecular flexibility index (Phi) is 5.53. The van der Waals surface area contributed by atoms with Crippen LogP contribution in [0.5, 0.6) is 0 Å². The number of para-hydroxylation sites is 1. The number of hydrogen-bond acceptors (Lipinski definition) is 5. The van der Waals surface area contributed by atoms with Crippen molar-refractivity contribution < 1.29 is 0 Å². The Labute approximate surface area is 167 Å². The molecule has 0 radical (unpaired) electrons. The molecule has 0 bridgehead atoms. The Bertz CT molecular complexity index is 923. The van der Waals surface area contributed by atoms with Crippen molar-refractivity contribution in [1.29, 1.82) is 0 Å². The van der Waals surface area contributed by atoms with Crippen LogP contribution in [0.2, 0.25) is 0 Å². The van der Waals surface area contributed by atoms with E-state index in [1.54, 1.807) is 0 Å². The summed E-state index contributed by atoms with van der Waals surface area (Å²) in [4.78, 5) is 14.2. The van der Waals surface area contributed by atoms with Crippen molar-refractivity contribution in [2.24, 2.45) is 0 Å². The molecule has 0 saturated carbocycles. The third-order valence-electron chi connectivity index (χ3n) is 5.00. The molecule has 2 heterocycles. The highest BCUT2D eigenvalue weighted by molar-refractivity contribution is 5.69. The lowest BCUT2D eigenvalue weighted by atomic mass is 10.0. The molecule has 144 valence electrons. The molecular formula is C23H27N5. The van der Waals surface area contributed by atoms with E-state index in [0.717, 1.165) is 55.5 Å². The molecule has 0 amide bonds. The first-order valence-corrected chi connectivity index (χ1v) is 9.89.